The molecule has 4 heteroatoms. The molecule has 0 aromatic heterocycles. The van der Waals surface area contributed by atoms with E-state index in [0.29, 0.717) is 17.6 Å². The maximum Gasteiger partial charge on any atom is 0.210 e. The highest BCUT2D eigenvalue weighted by molar-refractivity contribution is 6.23. The first-order valence-electron chi connectivity index (χ1n) is 14.1. The molecule has 4 aromatic carbocycles. The minimum Gasteiger partial charge on any atom is -0.872 e. The van der Waals surface area contributed by atoms with Crippen molar-refractivity contribution in [1.82, 2.24) is 0 Å². The molecule has 0 radical (unpaired) electrons. The molecule has 2 heterocycles. The number of rotatable bonds is 3. The van der Waals surface area contributed by atoms with Gasteiger partial charge in [0.15, 0.2) is 11.5 Å². The van der Waals surface area contributed by atoms with Crippen LogP contribution < -0.4 is 10.0 Å². The lowest BCUT2D eigenvalue weighted by Crippen LogP contribution is -2.43. The van der Waals surface area contributed by atoms with Gasteiger partial charge in [-0.05, 0) is 65.1 Å². The van der Waals surface area contributed by atoms with Crippen LogP contribution in [0.4, 0.5) is 11.4 Å². The topological polar surface area (TPSA) is 46.4 Å². The Labute approximate surface area is 235 Å². The number of likely N-dealkylation sites (N-methyl/N-ethyl adjacent to an activating group) is 1. The van der Waals surface area contributed by atoms with Gasteiger partial charge in [0.05, 0.1) is 5.41 Å². The van der Waals surface area contributed by atoms with E-state index in [1.165, 1.54) is 38.4 Å². The Hall–Kier alpha value is -4.18. The molecule has 2 aliphatic heterocycles. The van der Waals surface area contributed by atoms with Crippen molar-refractivity contribution in [3.63, 3.8) is 0 Å². The van der Waals surface area contributed by atoms with Gasteiger partial charge in [0.1, 0.15) is 7.05 Å². The van der Waals surface area contributed by atoms with Crippen LogP contribution in [0.15, 0.2) is 95.8 Å². The zero-order valence-corrected chi connectivity index (χ0v) is 24.0. The van der Waals surface area contributed by atoms with Gasteiger partial charge in [0.2, 0.25) is 5.69 Å². The minimum absolute atomic E-state index is 0.0200. The van der Waals surface area contributed by atoms with Crippen LogP contribution in [0.25, 0.3) is 21.5 Å². The summed E-state index contributed by atoms with van der Waals surface area (Å²) in [5, 5.41) is 18.4. The number of ketones is 1. The third-order valence-corrected chi connectivity index (χ3v) is 9.84. The van der Waals surface area contributed by atoms with E-state index in [1.807, 2.05) is 13.1 Å². The van der Waals surface area contributed by atoms with Crippen LogP contribution in [0.2, 0.25) is 0 Å². The van der Waals surface area contributed by atoms with Gasteiger partial charge in [-0.3, -0.25) is 4.79 Å². The van der Waals surface area contributed by atoms with Crippen molar-refractivity contribution in [2.75, 3.05) is 19.0 Å². The predicted octanol–water partition coefficient (Wildman–Crippen LogP) is 6.31. The van der Waals surface area contributed by atoms with Crippen molar-refractivity contribution in [2.24, 2.45) is 0 Å². The van der Waals surface area contributed by atoms with Crippen LogP contribution in [0.1, 0.15) is 45.2 Å². The predicted molar refractivity (Wildman–Crippen MR) is 162 cm³/mol. The highest BCUT2D eigenvalue weighted by atomic mass is 16.3. The molecule has 1 aliphatic carbocycles. The Morgan fingerprint density at radius 2 is 1.48 bits per heavy atom. The summed E-state index contributed by atoms with van der Waals surface area (Å²) in [4.78, 5) is 15.8. The lowest BCUT2D eigenvalue weighted by Gasteiger charge is -2.38. The summed E-state index contributed by atoms with van der Waals surface area (Å²) in [7, 11) is 4.12. The molecule has 40 heavy (non-hydrogen) atoms. The standard InChI is InChI=1S/C36H34N2O2/c1-35(2)29(37(5)27-17-15-21-11-7-9-13-23(21)31(27)35)19-25-33(39)26(34(25)40)20-30-36(3,4)32-24-14-10-8-12-22(24)16-18-28(32)38(30)6/h7-19,30H,20H2,1-6H3. The molecule has 0 spiro atoms. The van der Waals surface area contributed by atoms with Crippen LogP contribution in [-0.2, 0) is 15.6 Å². The molecule has 1 atom stereocenters. The number of nitrogens with zero attached hydrogens (tertiary/aromatic N) is 2. The maximum absolute atomic E-state index is 13.6. The second-order valence-corrected chi connectivity index (χ2v) is 12.7. The number of carbonyl (C=O) groups is 1. The fourth-order valence-corrected chi connectivity index (χ4v) is 7.71. The normalized spacial score (nSPS) is 21.9. The van der Waals surface area contributed by atoms with E-state index >= 15 is 0 Å². The Bertz CT molecular complexity index is 1890. The number of benzene rings is 4. The fourth-order valence-electron chi connectivity index (χ4n) is 7.71. The van der Waals surface area contributed by atoms with Gasteiger partial charge < -0.3 is 10.0 Å². The average Bonchev–Trinajstić information content (AvgIpc) is 3.27. The van der Waals surface area contributed by atoms with Crippen molar-refractivity contribution in [3.05, 3.63) is 107 Å². The van der Waals surface area contributed by atoms with E-state index in [0.717, 1.165) is 11.4 Å². The van der Waals surface area contributed by atoms with Crippen LogP contribution in [0, 0.1) is 0 Å². The van der Waals surface area contributed by atoms with Crippen molar-refractivity contribution in [2.45, 2.75) is 51.0 Å². The lowest BCUT2D eigenvalue weighted by molar-refractivity contribution is -0.401. The zero-order chi connectivity index (χ0) is 28.1. The first kappa shape index (κ1) is 24.8. The lowest BCUT2D eigenvalue weighted by atomic mass is 9.72. The second kappa shape index (κ2) is 8.17. The highest BCUT2D eigenvalue weighted by Gasteiger charge is 2.48. The Kier molecular flexibility index (Phi) is 5.07. The van der Waals surface area contributed by atoms with Crippen LogP contribution in [0.5, 0.6) is 0 Å². The van der Waals surface area contributed by atoms with Crippen molar-refractivity contribution in [3.8, 4) is 0 Å². The number of anilines is 1. The number of allylic oxidation sites excluding steroid dienone is 2. The Balaban J connectivity index is 1.24. The summed E-state index contributed by atoms with van der Waals surface area (Å²) in [5.74, 6) is -0.208. The van der Waals surface area contributed by atoms with Gasteiger partial charge >= 0.3 is 0 Å². The second-order valence-electron chi connectivity index (χ2n) is 12.7. The minimum atomic E-state index is -0.343. The molecule has 3 aliphatic rings. The van der Waals surface area contributed by atoms with Gasteiger partial charge in [0, 0.05) is 47.5 Å². The van der Waals surface area contributed by atoms with E-state index in [-0.39, 0.29) is 28.4 Å². The SMILES string of the molecule is CN1c2ccc3ccccc3c2C(C)(C)C1CC1=C([O-])C(=CC2=[N+](C)c3ccc4ccccc4c3C2(C)C)C1=O. The molecule has 0 amide bonds. The number of Topliss-reactive ketones (excluding diaryl/α,β-unsaturated/α-hetero) is 1. The molecular formula is C36H34N2O2. The Morgan fingerprint density at radius 3 is 2.12 bits per heavy atom. The van der Waals surface area contributed by atoms with Gasteiger partial charge in [-0.2, -0.15) is 4.58 Å². The molecule has 4 aromatic rings. The summed E-state index contributed by atoms with van der Waals surface area (Å²) < 4.78 is 2.14. The van der Waals surface area contributed by atoms with Crippen molar-refractivity contribution < 1.29 is 14.5 Å². The largest absolute Gasteiger partial charge is 0.872 e. The number of hydrogen-bond donors (Lipinski definition) is 0. The molecular weight excluding hydrogens is 492 g/mol. The highest BCUT2D eigenvalue weighted by Crippen LogP contribution is 2.51. The first-order chi connectivity index (χ1) is 19.0. The molecule has 0 N–H and O–H groups in total. The van der Waals surface area contributed by atoms with E-state index < -0.39 is 0 Å². The van der Waals surface area contributed by atoms with Gasteiger partial charge in [-0.1, -0.05) is 74.2 Å². The Morgan fingerprint density at radius 1 is 0.875 bits per heavy atom. The molecule has 0 saturated carbocycles. The molecule has 0 fully saturated rings. The molecule has 7 rings (SSSR count). The van der Waals surface area contributed by atoms with Gasteiger partial charge in [-0.25, -0.2) is 0 Å². The molecule has 0 saturated heterocycles. The van der Waals surface area contributed by atoms with E-state index in [1.54, 1.807) is 0 Å². The number of hydrogen-bond acceptors (Lipinski definition) is 3. The van der Waals surface area contributed by atoms with Gasteiger partial charge in [-0.15, -0.1) is 0 Å². The number of fused-ring (bicyclic) bond motifs is 6. The maximum atomic E-state index is 13.6. The monoisotopic (exact) mass is 526 g/mol. The molecule has 1 unspecified atom stereocenters. The third kappa shape index (κ3) is 3.13. The summed E-state index contributed by atoms with van der Waals surface area (Å²) >= 11 is 0. The van der Waals surface area contributed by atoms with Crippen LogP contribution >= 0.6 is 0 Å². The van der Waals surface area contributed by atoms with Crippen LogP contribution in [-0.4, -0.2) is 36.2 Å². The summed E-state index contributed by atoms with van der Waals surface area (Å²) in [6.45, 7) is 8.85. The quantitative estimate of drug-likeness (QED) is 0.232. The molecule has 200 valence electrons. The van der Waals surface area contributed by atoms with Crippen LogP contribution in [0.3, 0.4) is 0 Å². The van der Waals surface area contributed by atoms with E-state index in [9.17, 15) is 9.90 Å². The molecule has 4 nitrogen and oxygen atoms in total. The summed E-state index contributed by atoms with van der Waals surface area (Å²) in [5.41, 5.74) is 5.99. The third-order valence-electron chi connectivity index (χ3n) is 9.84. The smallest absolute Gasteiger partial charge is 0.210 e. The van der Waals surface area contributed by atoms with Crippen molar-refractivity contribution >= 4 is 44.4 Å². The van der Waals surface area contributed by atoms with E-state index in [2.05, 4.69) is 117 Å². The number of carbonyl (C=O) groups excluding carboxylic acids is 1. The fraction of sp³-hybridized carbons (Fsp3) is 0.278. The summed E-state index contributed by atoms with van der Waals surface area (Å²) in [6, 6.07) is 25.5. The summed E-state index contributed by atoms with van der Waals surface area (Å²) in [6.07, 6.45) is 2.30. The van der Waals surface area contributed by atoms with Crippen molar-refractivity contribution in [1.29, 1.82) is 0 Å². The zero-order valence-electron chi connectivity index (χ0n) is 24.0. The van der Waals surface area contributed by atoms with E-state index in [4.69, 9.17) is 0 Å². The average molecular weight is 527 g/mol. The first-order valence-corrected chi connectivity index (χ1v) is 14.1. The molecule has 0 bridgehead atoms. The van der Waals surface area contributed by atoms with Gasteiger partial charge in [0.25, 0.3) is 0 Å².